The molecule has 2 aromatic carbocycles. The molecule has 0 amide bonds. The number of hydrogen-bond acceptors (Lipinski definition) is 6. The molecule has 2 rings (SSSR count). The summed E-state index contributed by atoms with van der Waals surface area (Å²) in [7, 11) is 0. The lowest BCUT2D eigenvalue weighted by atomic mass is 9.98. The Morgan fingerprint density at radius 2 is 0.846 bits per heavy atom. The number of alkyl halides is 6. The molecule has 0 bridgehead atoms. The predicted molar refractivity (Wildman–Crippen MR) is 128 cm³/mol. The van der Waals surface area contributed by atoms with Gasteiger partial charge in [0.1, 0.15) is 23.0 Å². The summed E-state index contributed by atoms with van der Waals surface area (Å²) in [6.45, 7) is 0. The van der Waals surface area contributed by atoms with Crippen LogP contribution in [0.4, 0.5) is 26.3 Å². The Morgan fingerprint density at radius 1 is 0.564 bits per heavy atom. The fraction of sp³-hybridized carbons (Fsp3) is 0.481. The number of halogens is 6. The van der Waals surface area contributed by atoms with Crippen LogP contribution in [0.25, 0.3) is 0 Å². The zero-order valence-electron chi connectivity index (χ0n) is 20.9. The lowest BCUT2D eigenvalue weighted by molar-refractivity contribution is -0.194. The molecule has 39 heavy (non-hydrogen) atoms. The first kappa shape index (κ1) is 31.8. The SMILES string of the molecule is O=C(Oc1ccc(O)cc1)C(CCCCCCCCCC(C(=O)Oc1ccc(O)cc1)C(F)(F)F)C(F)(F)F. The van der Waals surface area contributed by atoms with Crippen LogP contribution in [0.5, 0.6) is 23.0 Å². The second-order valence-corrected chi connectivity index (χ2v) is 9.07. The molecule has 0 radical (unpaired) electrons. The first-order chi connectivity index (χ1) is 18.3. The van der Waals surface area contributed by atoms with Crippen LogP contribution in [0.1, 0.15) is 57.8 Å². The van der Waals surface area contributed by atoms with Crippen molar-refractivity contribution in [1.29, 1.82) is 0 Å². The van der Waals surface area contributed by atoms with Crippen molar-refractivity contribution in [2.45, 2.75) is 70.1 Å². The number of carbonyl (C=O) groups excluding carboxylic acids is 2. The van der Waals surface area contributed by atoms with Gasteiger partial charge in [0.25, 0.3) is 0 Å². The molecule has 0 saturated heterocycles. The number of hydrogen-bond donors (Lipinski definition) is 2. The Hall–Kier alpha value is -3.44. The Labute approximate surface area is 221 Å². The van der Waals surface area contributed by atoms with Crippen LogP contribution in [0.2, 0.25) is 0 Å². The van der Waals surface area contributed by atoms with E-state index in [2.05, 4.69) is 0 Å². The molecule has 0 fully saturated rings. The Bertz CT molecular complexity index is 951. The lowest BCUT2D eigenvalue weighted by Gasteiger charge is -2.19. The average Bonchev–Trinajstić information content (AvgIpc) is 2.83. The van der Waals surface area contributed by atoms with Crippen LogP contribution in [-0.4, -0.2) is 34.5 Å². The van der Waals surface area contributed by atoms with Crippen LogP contribution in [-0.2, 0) is 9.59 Å². The van der Waals surface area contributed by atoms with Gasteiger partial charge < -0.3 is 19.7 Å². The molecule has 216 valence electrons. The first-order valence-electron chi connectivity index (χ1n) is 12.4. The summed E-state index contributed by atoms with van der Waals surface area (Å²) in [5.74, 6) is -7.96. The molecule has 6 nitrogen and oxygen atoms in total. The number of benzene rings is 2. The quantitative estimate of drug-likeness (QED) is 0.107. The van der Waals surface area contributed by atoms with Crippen LogP contribution in [0.3, 0.4) is 0 Å². The third kappa shape index (κ3) is 11.5. The minimum absolute atomic E-state index is 0.105. The fourth-order valence-corrected chi connectivity index (χ4v) is 3.81. The third-order valence-electron chi connectivity index (χ3n) is 5.96. The van der Waals surface area contributed by atoms with Crippen molar-refractivity contribution < 1.29 is 55.6 Å². The summed E-state index contributed by atoms with van der Waals surface area (Å²) in [6, 6.07) is 9.42. The first-order valence-corrected chi connectivity index (χ1v) is 12.4. The second kappa shape index (κ2) is 14.6. The van der Waals surface area contributed by atoms with E-state index in [9.17, 15) is 46.1 Å². The predicted octanol–water partition coefficient (Wildman–Crippen LogP) is 7.48. The summed E-state index contributed by atoms with van der Waals surface area (Å²) < 4.78 is 89.6. The van der Waals surface area contributed by atoms with Crippen molar-refractivity contribution in [3.8, 4) is 23.0 Å². The number of rotatable bonds is 14. The van der Waals surface area contributed by atoms with Gasteiger partial charge in [-0.1, -0.05) is 44.9 Å². The third-order valence-corrected chi connectivity index (χ3v) is 5.96. The second-order valence-electron chi connectivity index (χ2n) is 9.07. The smallest absolute Gasteiger partial charge is 0.402 e. The maximum Gasteiger partial charge on any atom is 0.402 e. The molecule has 0 heterocycles. The highest BCUT2D eigenvalue weighted by Crippen LogP contribution is 2.34. The molecule has 0 saturated carbocycles. The average molecular weight is 565 g/mol. The van der Waals surface area contributed by atoms with E-state index >= 15 is 0 Å². The highest BCUT2D eigenvalue weighted by atomic mass is 19.4. The molecule has 2 atom stereocenters. The summed E-state index contributed by atoms with van der Waals surface area (Å²) in [5, 5.41) is 18.4. The molecule has 0 aliphatic rings. The van der Waals surface area contributed by atoms with Gasteiger partial charge in [-0.05, 0) is 61.4 Å². The maximum absolute atomic E-state index is 13.3. The molecular weight excluding hydrogens is 534 g/mol. The van der Waals surface area contributed by atoms with Gasteiger partial charge in [0.15, 0.2) is 11.8 Å². The lowest BCUT2D eigenvalue weighted by Crippen LogP contribution is -2.33. The number of ether oxygens (including phenoxy) is 2. The van der Waals surface area contributed by atoms with Crippen LogP contribution in [0.15, 0.2) is 48.5 Å². The zero-order chi connectivity index (χ0) is 29.1. The van der Waals surface area contributed by atoms with Crippen molar-refractivity contribution in [2.75, 3.05) is 0 Å². The summed E-state index contributed by atoms with van der Waals surface area (Å²) in [5.41, 5.74) is 0. The van der Waals surface area contributed by atoms with E-state index in [4.69, 9.17) is 9.47 Å². The molecule has 0 aliphatic heterocycles. The van der Waals surface area contributed by atoms with Gasteiger partial charge in [-0.15, -0.1) is 0 Å². The van der Waals surface area contributed by atoms with E-state index < -0.39 is 49.0 Å². The summed E-state index contributed by atoms with van der Waals surface area (Å²) in [6.07, 6.45) is -7.86. The molecule has 2 N–H and O–H groups in total. The maximum atomic E-state index is 13.3. The van der Waals surface area contributed by atoms with Crippen LogP contribution in [0, 0.1) is 11.8 Å². The van der Waals surface area contributed by atoms with Gasteiger partial charge >= 0.3 is 24.3 Å². The van der Waals surface area contributed by atoms with Crippen molar-refractivity contribution in [3.63, 3.8) is 0 Å². The largest absolute Gasteiger partial charge is 0.508 e. The number of phenols is 2. The van der Waals surface area contributed by atoms with E-state index in [-0.39, 0.29) is 35.8 Å². The standard InChI is InChI=1S/C27H30F6O6/c28-26(29,30)22(24(36)38-20-14-10-18(34)11-15-20)8-6-4-2-1-3-5-7-9-23(27(31,32)33)25(37)39-21-16-12-19(35)13-17-21/h10-17,22-23,34-35H,1-9H2. The van der Waals surface area contributed by atoms with Gasteiger partial charge in [0, 0.05) is 0 Å². The fourth-order valence-electron chi connectivity index (χ4n) is 3.81. The minimum atomic E-state index is -4.79. The normalized spacial score (nSPS) is 13.5. The number of esters is 2. The summed E-state index contributed by atoms with van der Waals surface area (Å²) in [4.78, 5) is 24.1. The van der Waals surface area contributed by atoms with Crippen LogP contribution < -0.4 is 9.47 Å². The van der Waals surface area contributed by atoms with Crippen molar-refractivity contribution >= 4 is 11.9 Å². The Kier molecular flexibility index (Phi) is 11.9. The Morgan fingerprint density at radius 3 is 1.13 bits per heavy atom. The van der Waals surface area contributed by atoms with E-state index in [1.54, 1.807) is 0 Å². The monoisotopic (exact) mass is 564 g/mol. The van der Waals surface area contributed by atoms with Gasteiger partial charge in [-0.2, -0.15) is 26.3 Å². The van der Waals surface area contributed by atoms with Gasteiger partial charge in [0.2, 0.25) is 0 Å². The summed E-state index contributed by atoms with van der Waals surface area (Å²) >= 11 is 0. The molecular formula is C27H30F6O6. The van der Waals surface area contributed by atoms with Gasteiger partial charge in [-0.3, -0.25) is 9.59 Å². The molecule has 2 aromatic rings. The number of aromatic hydroxyl groups is 2. The molecule has 2 unspecified atom stereocenters. The molecule has 12 heteroatoms. The highest BCUT2D eigenvalue weighted by molar-refractivity contribution is 5.76. The molecule has 0 aromatic heterocycles. The van der Waals surface area contributed by atoms with Gasteiger partial charge in [0.05, 0.1) is 0 Å². The van der Waals surface area contributed by atoms with Crippen LogP contribution >= 0.6 is 0 Å². The molecule has 0 aliphatic carbocycles. The van der Waals surface area contributed by atoms with E-state index in [1.165, 1.54) is 48.5 Å². The van der Waals surface area contributed by atoms with Crippen molar-refractivity contribution in [1.82, 2.24) is 0 Å². The number of unbranched alkanes of at least 4 members (excludes halogenated alkanes) is 6. The Balaban J connectivity index is 1.68. The number of phenolic OH excluding ortho intramolecular Hbond substituents is 2. The number of carbonyl (C=O) groups is 2. The van der Waals surface area contributed by atoms with Crippen molar-refractivity contribution in [3.05, 3.63) is 48.5 Å². The topological polar surface area (TPSA) is 93.1 Å². The van der Waals surface area contributed by atoms with E-state index in [0.717, 1.165) is 0 Å². The minimum Gasteiger partial charge on any atom is -0.508 e. The van der Waals surface area contributed by atoms with E-state index in [1.807, 2.05) is 0 Å². The van der Waals surface area contributed by atoms with Gasteiger partial charge in [-0.25, -0.2) is 0 Å². The molecule has 0 spiro atoms. The van der Waals surface area contributed by atoms with E-state index in [0.29, 0.717) is 32.1 Å². The zero-order valence-corrected chi connectivity index (χ0v) is 20.9. The highest BCUT2D eigenvalue weighted by Gasteiger charge is 2.46. The van der Waals surface area contributed by atoms with Crippen molar-refractivity contribution in [2.24, 2.45) is 11.8 Å².